The molecule has 1 atom stereocenters. The van der Waals surface area contributed by atoms with Crippen LogP contribution in [0.15, 0.2) is 18.2 Å². The van der Waals surface area contributed by atoms with Gasteiger partial charge in [-0.1, -0.05) is 19.3 Å². The molecule has 1 saturated carbocycles. The number of likely N-dealkylation sites (N-methyl/N-ethyl adjacent to an activating group) is 1. The summed E-state index contributed by atoms with van der Waals surface area (Å²) in [5, 5.41) is 4.32. The van der Waals surface area contributed by atoms with E-state index in [1.165, 1.54) is 37.7 Å². The Hall–Kier alpha value is -1.81. The van der Waals surface area contributed by atoms with Gasteiger partial charge in [0.05, 0.1) is 0 Å². The lowest BCUT2D eigenvalue weighted by molar-refractivity contribution is 0.0922. The summed E-state index contributed by atoms with van der Waals surface area (Å²) in [6.07, 6.45) is 6.58. The maximum absolute atomic E-state index is 12.7. The summed E-state index contributed by atoms with van der Waals surface area (Å²) in [7, 11) is 4.26. The number of H-pyrrole nitrogens is 1. The second-order valence-corrected chi connectivity index (χ2v) is 7.77. The van der Waals surface area contributed by atoms with E-state index in [1.54, 1.807) is 0 Å². The topological polar surface area (TPSA) is 48.1 Å². The minimum atomic E-state index is 0.0304. The maximum atomic E-state index is 12.7. The third-order valence-corrected chi connectivity index (χ3v) is 5.90. The largest absolute Gasteiger partial charge is 0.358 e. The predicted octanol–water partition coefficient (Wildman–Crippen LogP) is 4.03. The Morgan fingerprint density at radius 3 is 2.64 bits per heavy atom. The van der Waals surface area contributed by atoms with E-state index in [0.717, 1.165) is 28.7 Å². The second kappa shape index (κ2) is 7.61. The van der Waals surface area contributed by atoms with Gasteiger partial charge in [0.15, 0.2) is 0 Å². The van der Waals surface area contributed by atoms with Crippen LogP contribution in [0.2, 0.25) is 0 Å². The van der Waals surface area contributed by atoms with Crippen molar-refractivity contribution in [2.45, 2.75) is 52.0 Å². The Kier molecular flexibility index (Phi) is 5.48. The molecule has 1 fully saturated rings. The molecule has 0 radical (unpaired) electrons. The summed E-state index contributed by atoms with van der Waals surface area (Å²) in [5.41, 5.74) is 4.23. The van der Waals surface area contributed by atoms with Crippen LogP contribution in [-0.4, -0.2) is 42.5 Å². The molecule has 3 rings (SSSR count). The van der Waals surface area contributed by atoms with Crippen LogP contribution in [0.3, 0.4) is 0 Å². The predicted molar refractivity (Wildman–Crippen MR) is 104 cm³/mol. The molecule has 25 heavy (non-hydrogen) atoms. The van der Waals surface area contributed by atoms with Crippen molar-refractivity contribution < 1.29 is 4.79 Å². The Balaban J connectivity index is 1.69. The first-order chi connectivity index (χ1) is 12.0. The molecule has 0 aliphatic heterocycles. The number of nitrogens with one attached hydrogen (secondary N) is 2. The van der Waals surface area contributed by atoms with Crippen LogP contribution in [0.25, 0.3) is 10.9 Å². The van der Waals surface area contributed by atoms with Crippen LogP contribution in [0, 0.1) is 19.8 Å². The van der Waals surface area contributed by atoms with Crippen LogP contribution in [-0.2, 0) is 0 Å². The first kappa shape index (κ1) is 18.0. The van der Waals surface area contributed by atoms with Crippen molar-refractivity contribution in [3.05, 3.63) is 35.0 Å². The van der Waals surface area contributed by atoms with Crippen LogP contribution in [0.5, 0.6) is 0 Å². The summed E-state index contributed by atoms with van der Waals surface area (Å²) >= 11 is 0. The Morgan fingerprint density at radius 1 is 1.24 bits per heavy atom. The highest BCUT2D eigenvalue weighted by Crippen LogP contribution is 2.28. The van der Waals surface area contributed by atoms with E-state index in [9.17, 15) is 4.79 Å². The van der Waals surface area contributed by atoms with Gasteiger partial charge >= 0.3 is 0 Å². The van der Waals surface area contributed by atoms with Gasteiger partial charge in [0.25, 0.3) is 5.91 Å². The van der Waals surface area contributed by atoms with Gasteiger partial charge in [0, 0.05) is 34.7 Å². The molecule has 1 aliphatic carbocycles. The quantitative estimate of drug-likeness (QED) is 0.863. The van der Waals surface area contributed by atoms with E-state index in [-0.39, 0.29) is 5.91 Å². The van der Waals surface area contributed by atoms with Crippen molar-refractivity contribution in [3.63, 3.8) is 0 Å². The second-order valence-electron chi connectivity index (χ2n) is 7.77. The number of carbonyl (C=O) groups is 1. The monoisotopic (exact) mass is 341 g/mol. The Morgan fingerprint density at radius 2 is 1.96 bits per heavy atom. The van der Waals surface area contributed by atoms with E-state index in [0.29, 0.717) is 12.0 Å². The summed E-state index contributed by atoms with van der Waals surface area (Å²) in [5.74, 6) is 0.726. The Bertz CT molecular complexity index is 741. The highest BCUT2D eigenvalue weighted by molar-refractivity contribution is 5.99. The van der Waals surface area contributed by atoms with Gasteiger partial charge < -0.3 is 15.2 Å². The fraction of sp³-hybridized carbons (Fsp3) is 0.571. The number of benzene rings is 1. The number of rotatable bonds is 5. The molecule has 0 unspecified atom stereocenters. The summed E-state index contributed by atoms with van der Waals surface area (Å²) in [4.78, 5) is 18.3. The SMILES string of the molecule is Cc1[nH]c2ccc(C(=O)NC[C@@H](C3CCCCC3)N(C)C)cc2c1C. The van der Waals surface area contributed by atoms with Crippen LogP contribution < -0.4 is 5.32 Å². The van der Waals surface area contributed by atoms with Crippen molar-refractivity contribution in [2.24, 2.45) is 5.92 Å². The first-order valence-corrected chi connectivity index (χ1v) is 9.51. The van der Waals surface area contributed by atoms with Crippen molar-refractivity contribution in [3.8, 4) is 0 Å². The molecule has 1 amide bonds. The lowest BCUT2D eigenvalue weighted by Crippen LogP contribution is -2.45. The lowest BCUT2D eigenvalue weighted by atomic mass is 9.83. The average molecular weight is 341 g/mol. The van der Waals surface area contributed by atoms with E-state index in [1.807, 2.05) is 18.2 Å². The summed E-state index contributed by atoms with van der Waals surface area (Å²) in [6.45, 7) is 4.89. The smallest absolute Gasteiger partial charge is 0.251 e. The number of fused-ring (bicyclic) bond motifs is 1. The maximum Gasteiger partial charge on any atom is 0.251 e. The van der Waals surface area contributed by atoms with Crippen molar-refractivity contribution in [2.75, 3.05) is 20.6 Å². The van der Waals surface area contributed by atoms with Gasteiger partial charge in [-0.25, -0.2) is 0 Å². The van der Waals surface area contributed by atoms with Gasteiger partial charge in [-0.15, -0.1) is 0 Å². The molecule has 0 bridgehead atoms. The third kappa shape index (κ3) is 3.90. The van der Waals surface area contributed by atoms with E-state index in [4.69, 9.17) is 0 Å². The highest BCUT2D eigenvalue weighted by Gasteiger charge is 2.25. The number of hydrogen-bond donors (Lipinski definition) is 2. The molecule has 1 aromatic carbocycles. The zero-order valence-electron chi connectivity index (χ0n) is 16.0. The number of carbonyl (C=O) groups excluding carboxylic acids is 1. The van der Waals surface area contributed by atoms with Gasteiger partial charge in [-0.05, 0) is 70.5 Å². The Labute approximate surface area is 151 Å². The molecule has 2 aromatic rings. The minimum Gasteiger partial charge on any atom is -0.358 e. The number of nitrogens with zero attached hydrogens (tertiary/aromatic N) is 1. The fourth-order valence-corrected chi connectivity index (χ4v) is 4.19. The number of aromatic nitrogens is 1. The molecule has 0 saturated heterocycles. The van der Waals surface area contributed by atoms with Gasteiger partial charge in [-0.2, -0.15) is 0 Å². The molecule has 1 heterocycles. The van der Waals surface area contributed by atoms with Crippen molar-refractivity contribution >= 4 is 16.8 Å². The highest BCUT2D eigenvalue weighted by atomic mass is 16.1. The van der Waals surface area contributed by atoms with Crippen molar-refractivity contribution in [1.82, 2.24) is 15.2 Å². The summed E-state index contributed by atoms with van der Waals surface area (Å²) < 4.78 is 0. The molecule has 1 aromatic heterocycles. The number of amides is 1. The third-order valence-electron chi connectivity index (χ3n) is 5.90. The lowest BCUT2D eigenvalue weighted by Gasteiger charge is -2.35. The number of aromatic amines is 1. The van der Waals surface area contributed by atoms with E-state index < -0.39 is 0 Å². The standard InChI is InChI=1S/C21H31N3O/c1-14-15(2)23-19-11-10-17(12-18(14)19)21(25)22-13-20(24(3)4)16-8-6-5-7-9-16/h10-12,16,20,23H,5-9,13H2,1-4H3,(H,22,25)/t20-/m0/s1. The zero-order valence-corrected chi connectivity index (χ0v) is 16.0. The normalized spacial score (nSPS) is 17.2. The van der Waals surface area contributed by atoms with Gasteiger partial charge in [-0.3, -0.25) is 4.79 Å². The first-order valence-electron chi connectivity index (χ1n) is 9.51. The van der Waals surface area contributed by atoms with Gasteiger partial charge in [0.2, 0.25) is 0 Å². The molecular weight excluding hydrogens is 310 g/mol. The molecule has 1 aliphatic rings. The fourth-order valence-electron chi connectivity index (χ4n) is 4.19. The van der Waals surface area contributed by atoms with Crippen LogP contribution >= 0.6 is 0 Å². The van der Waals surface area contributed by atoms with Gasteiger partial charge in [0.1, 0.15) is 0 Å². The van der Waals surface area contributed by atoms with Crippen LogP contribution in [0.1, 0.15) is 53.7 Å². The zero-order chi connectivity index (χ0) is 18.0. The van der Waals surface area contributed by atoms with Crippen LogP contribution in [0.4, 0.5) is 0 Å². The number of hydrogen-bond acceptors (Lipinski definition) is 2. The average Bonchev–Trinajstić information content (AvgIpc) is 2.89. The van der Waals surface area contributed by atoms with Crippen molar-refractivity contribution in [1.29, 1.82) is 0 Å². The molecule has 4 nitrogen and oxygen atoms in total. The molecule has 136 valence electrons. The molecule has 2 N–H and O–H groups in total. The van der Waals surface area contributed by atoms with E-state index in [2.05, 4.69) is 43.1 Å². The molecule has 4 heteroatoms. The molecule has 0 spiro atoms. The number of aryl methyl sites for hydroxylation is 2. The molecular formula is C21H31N3O. The van der Waals surface area contributed by atoms with E-state index >= 15 is 0 Å². The minimum absolute atomic E-state index is 0.0304. The summed E-state index contributed by atoms with van der Waals surface area (Å²) in [6, 6.07) is 6.35.